The number of hydrogen-bond donors (Lipinski definition) is 1. The summed E-state index contributed by atoms with van der Waals surface area (Å²) in [5.41, 5.74) is 0.420. The van der Waals surface area contributed by atoms with Crippen LogP contribution in [-0.2, 0) is 0 Å². The van der Waals surface area contributed by atoms with Gasteiger partial charge in [-0.05, 0) is 31.8 Å². The minimum atomic E-state index is -0.0448. The van der Waals surface area contributed by atoms with Crippen molar-refractivity contribution in [3.8, 4) is 0 Å². The molecule has 1 aromatic rings. The average Bonchev–Trinajstić information content (AvgIpc) is 2.40. The first-order chi connectivity index (χ1) is 8.27. The molecule has 5 heteroatoms. The lowest BCUT2D eigenvalue weighted by molar-refractivity contribution is 0.0756. The highest BCUT2D eigenvalue weighted by Crippen LogP contribution is 2.13. The Hall–Kier alpha value is -1.49. The molecule has 0 unspecified atom stereocenters. The van der Waals surface area contributed by atoms with Crippen molar-refractivity contribution in [2.45, 2.75) is 12.8 Å². The molecule has 1 N–H and O–H groups in total. The molecule has 0 spiro atoms. The molecule has 1 saturated heterocycles. The molecule has 1 fully saturated rings. The minimum absolute atomic E-state index is 0.0448. The molecular formula is C12H18N4O. The summed E-state index contributed by atoms with van der Waals surface area (Å²) in [5, 5.41) is 3.32. The molecule has 1 amide bonds. The van der Waals surface area contributed by atoms with Crippen molar-refractivity contribution in [3.63, 3.8) is 0 Å². The van der Waals surface area contributed by atoms with E-state index in [2.05, 4.69) is 15.3 Å². The van der Waals surface area contributed by atoms with Crippen LogP contribution >= 0.6 is 0 Å². The summed E-state index contributed by atoms with van der Waals surface area (Å²) in [5.74, 6) is 0.554. The molecule has 1 aliphatic rings. The number of nitrogens with zero attached hydrogens (tertiary/aromatic N) is 3. The normalized spacial score (nSPS) is 16.8. The van der Waals surface area contributed by atoms with Gasteiger partial charge < -0.3 is 10.2 Å². The van der Waals surface area contributed by atoms with E-state index in [1.54, 1.807) is 17.3 Å². The topological polar surface area (TPSA) is 58.1 Å². The summed E-state index contributed by atoms with van der Waals surface area (Å²) < 4.78 is 0. The molecule has 0 aromatic carbocycles. The molecule has 5 nitrogen and oxygen atoms in total. The van der Waals surface area contributed by atoms with Gasteiger partial charge in [0.15, 0.2) is 0 Å². The second-order valence-electron chi connectivity index (χ2n) is 4.47. The van der Waals surface area contributed by atoms with Crippen LogP contribution < -0.4 is 5.32 Å². The predicted octanol–water partition coefficient (Wildman–Crippen LogP) is 0.548. The Morgan fingerprint density at radius 1 is 1.47 bits per heavy atom. The van der Waals surface area contributed by atoms with Gasteiger partial charge in [-0.25, -0.2) is 4.98 Å². The molecule has 0 radical (unpaired) electrons. The Morgan fingerprint density at radius 2 is 2.24 bits per heavy atom. The number of aromatic nitrogens is 2. The molecule has 0 saturated carbocycles. The Balaban J connectivity index is 1.91. The van der Waals surface area contributed by atoms with Crippen LogP contribution in [0.25, 0.3) is 0 Å². The van der Waals surface area contributed by atoms with Gasteiger partial charge in [-0.1, -0.05) is 0 Å². The second-order valence-corrected chi connectivity index (χ2v) is 4.47. The number of amides is 1. The van der Waals surface area contributed by atoms with Crippen molar-refractivity contribution >= 4 is 5.91 Å². The summed E-state index contributed by atoms with van der Waals surface area (Å²) in [6.07, 6.45) is 6.91. The van der Waals surface area contributed by atoms with Crippen molar-refractivity contribution < 1.29 is 4.79 Å². The first kappa shape index (κ1) is 12.0. The van der Waals surface area contributed by atoms with Crippen molar-refractivity contribution in [2.24, 2.45) is 5.92 Å². The third-order valence-electron chi connectivity index (χ3n) is 3.12. The van der Waals surface area contributed by atoms with Crippen LogP contribution in [-0.4, -0.2) is 47.5 Å². The van der Waals surface area contributed by atoms with Crippen LogP contribution in [0.3, 0.4) is 0 Å². The number of carbonyl (C=O) groups excluding carboxylic acids is 1. The van der Waals surface area contributed by atoms with Crippen molar-refractivity contribution in [1.29, 1.82) is 0 Å². The minimum Gasteiger partial charge on any atom is -0.340 e. The summed E-state index contributed by atoms with van der Waals surface area (Å²) in [7, 11) is 1.83. The largest absolute Gasteiger partial charge is 0.340 e. The monoisotopic (exact) mass is 234 g/mol. The molecule has 0 atom stereocenters. The lowest BCUT2D eigenvalue weighted by Gasteiger charge is -2.27. The standard InChI is InChI=1S/C12H18N4O/c1-16(9-10-2-4-13-5-3-10)12(17)11-8-14-6-7-15-11/h6-8,10,13H,2-5,9H2,1H3. The maximum atomic E-state index is 12.0. The Kier molecular flexibility index (Phi) is 4.03. The van der Waals surface area contributed by atoms with Crippen LogP contribution in [0.1, 0.15) is 23.3 Å². The van der Waals surface area contributed by atoms with E-state index in [1.165, 1.54) is 6.20 Å². The highest BCUT2D eigenvalue weighted by molar-refractivity contribution is 5.91. The molecule has 1 aliphatic heterocycles. The van der Waals surface area contributed by atoms with Gasteiger partial charge in [0.05, 0.1) is 6.20 Å². The van der Waals surface area contributed by atoms with Crippen molar-refractivity contribution in [2.75, 3.05) is 26.7 Å². The average molecular weight is 234 g/mol. The van der Waals surface area contributed by atoms with Gasteiger partial charge in [-0.2, -0.15) is 0 Å². The van der Waals surface area contributed by atoms with Crippen molar-refractivity contribution in [3.05, 3.63) is 24.3 Å². The zero-order valence-electron chi connectivity index (χ0n) is 10.1. The fourth-order valence-corrected chi connectivity index (χ4v) is 2.14. The van der Waals surface area contributed by atoms with E-state index in [4.69, 9.17) is 0 Å². The third kappa shape index (κ3) is 3.23. The molecule has 0 bridgehead atoms. The van der Waals surface area contributed by atoms with Gasteiger partial charge in [-0.3, -0.25) is 9.78 Å². The smallest absolute Gasteiger partial charge is 0.273 e. The van der Waals surface area contributed by atoms with Crippen LogP contribution in [0.2, 0.25) is 0 Å². The highest BCUT2D eigenvalue weighted by Gasteiger charge is 2.19. The Morgan fingerprint density at radius 3 is 2.88 bits per heavy atom. The fraction of sp³-hybridized carbons (Fsp3) is 0.583. The molecule has 1 aromatic heterocycles. The van der Waals surface area contributed by atoms with E-state index in [0.717, 1.165) is 32.5 Å². The number of piperidine rings is 1. The molecule has 92 valence electrons. The summed E-state index contributed by atoms with van der Waals surface area (Å²) in [6.45, 7) is 2.91. The fourth-order valence-electron chi connectivity index (χ4n) is 2.14. The number of rotatable bonds is 3. The van der Waals surface area contributed by atoms with Crippen molar-refractivity contribution in [1.82, 2.24) is 20.2 Å². The second kappa shape index (κ2) is 5.72. The van der Waals surface area contributed by atoms with Gasteiger partial charge in [0.2, 0.25) is 0 Å². The van der Waals surface area contributed by atoms with Gasteiger partial charge >= 0.3 is 0 Å². The molecule has 2 heterocycles. The molecular weight excluding hydrogens is 216 g/mol. The summed E-state index contributed by atoms with van der Waals surface area (Å²) in [6, 6.07) is 0. The maximum absolute atomic E-state index is 12.0. The van der Waals surface area contributed by atoms with E-state index >= 15 is 0 Å². The quantitative estimate of drug-likeness (QED) is 0.829. The molecule has 0 aliphatic carbocycles. The van der Waals surface area contributed by atoms with E-state index in [0.29, 0.717) is 11.6 Å². The van der Waals surface area contributed by atoms with Gasteiger partial charge in [0, 0.05) is 26.0 Å². The zero-order valence-corrected chi connectivity index (χ0v) is 10.1. The van der Waals surface area contributed by atoms with Crippen LogP contribution in [0.15, 0.2) is 18.6 Å². The number of nitrogens with one attached hydrogen (secondary N) is 1. The lowest BCUT2D eigenvalue weighted by atomic mass is 9.97. The maximum Gasteiger partial charge on any atom is 0.273 e. The van der Waals surface area contributed by atoms with E-state index in [9.17, 15) is 4.79 Å². The predicted molar refractivity (Wildman–Crippen MR) is 64.6 cm³/mol. The molecule has 2 rings (SSSR count). The first-order valence-electron chi connectivity index (χ1n) is 5.99. The number of carbonyl (C=O) groups is 1. The first-order valence-corrected chi connectivity index (χ1v) is 5.99. The van der Waals surface area contributed by atoms with E-state index in [1.807, 2.05) is 7.05 Å². The highest BCUT2D eigenvalue weighted by atomic mass is 16.2. The van der Waals surface area contributed by atoms with Crippen LogP contribution in [0.5, 0.6) is 0 Å². The Bertz CT molecular complexity index is 362. The Labute approximate surface area is 101 Å². The zero-order chi connectivity index (χ0) is 12.1. The van der Waals surface area contributed by atoms with Crippen LogP contribution in [0.4, 0.5) is 0 Å². The van der Waals surface area contributed by atoms with Gasteiger partial charge in [0.25, 0.3) is 5.91 Å². The molecule has 17 heavy (non-hydrogen) atoms. The lowest BCUT2D eigenvalue weighted by Crippen LogP contribution is -2.37. The summed E-state index contributed by atoms with van der Waals surface area (Å²) >= 11 is 0. The summed E-state index contributed by atoms with van der Waals surface area (Å²) in [4.78, 5) is 21.7. The third-order valence-corrected chi connectivity index (χ3v) is 3.12. The van der Waals surface area contributed by atoms with Gasteiger partial charge in [-0.15, -0.1) is 0 Å². The number of hydrogen-bond acceptors (Lipinski definition) is 4. The van der Waals surface area contributed by atoms with Crippen LogP contribution in [0, 0.1) is 5.92 Å². The van der Waals surface area contributed by atoms with E-state index < -0.39 is 0 Å². The van der Waals surface area contributed by atoms with Gasteiger partial charge in [0.1, 0.15) is 5.69 Å². The van der Waals surface area contributed by atoms with E-state index in [-0.39, 0.29) is 5.91 Å². The SMILES string of the molecule is CN(CC1CCNCC1)C(=O)c1cnccn1.